The van der Waals surface area contributed by atoms with Crippen LogP contribution in [0, 0.1) is 0 Å². The zero-order chi connectivity index (χ0) is 18.0. The first-order chi connectivity index (χ1) is 12.0. The fraction of sp³-hybridized carbons (Fsp3) is 0.389. The monoisotopic (exact) mass is 345 g/mol. The fourth-order valence-corrected chi connectivity index (χ4v) is 2.51. The Morgan fingerprint density at radius 2 is 1.88 bits per heavy atom. The largest absolute Gasteiger partial charge is 0.483 e. The standard InChI is InChI=1S/C18H19NO6/c1-3-24-14(20)10-19-15(16(17(19)21)25-13-8-9-13)11-4-6-12(7-5-11)18(22)23-2/h4-7,13H,3,8-10H2,1-2H3. The fourth-order valence-electron chi connectivity index (χ4n) is 2.51. The van der Waals surface area contributed by atoms with Gasteiger partial charge in [-0.25, -0.2) is 4.79 Å². The van der Waals surface area contributed by atoms with Crippen molar-refractivity contribution in [3.05, 3.63) is 41.2 Å². The van der Waals surface area contributed by atoms with Gasteiger partial charge < -0.3 is 14.2 Å². The van der Waals surface area contributed by atoms with Crippen LogP contribution in [-0.4, -0.2) is 49.1 Å². The Balaban J connectivity index is 1.86. The van der Waals surface area contributed by atoms with Gasteiger partial charge in [-0.1, -0.05) is 12.1 Å². The number of hydrogen-bond donors (Lipinski definition) is 0. The van der Waals surface area contributed by atoms with Gasteiger partial charge in [-0.15, -0.1) is 0 Å². The number of esters is 2. The molecule has 0 bridgehead atoms. The van der Waals surface area contributed by atoms with Crippen LogP contribution in [0.2, 0.25) is 0 Å². The Labute approximate surface area is 145 Å². The van der Waals surface area contributed by atoms with Crippen molar-refractivity contribution in [2.75, 3.05) is 20.3 Å². The smallest absolute Gasteiger partial charge is 0.337 e. The van der Waals surface area contributed by atoms with E-state index in [1.165, 1.54) is 12.0 Å². The van der Waals surface area contributed by atoms with Crippen molar-refractivity contribution in [3.8, 4) is 0 Å². The summed E-state index contributed by atoms with van der Waals surface area (Å²) >= 11 is 0. The molecule has 1 saturated carbocycles. The molecule has 132 valence electrons. The van der Waals surface area contributed by atoms with E-state index in [4.69, 9.17) is 9.47 Å². The van der Waals surface area contributed by atoms with E-state index >= 15 is 0 Å². The molecule has 0 aromatic heterocycles. The van der Waals surface area contributed by atoms with Gasteiger partial charge in [0.1, 0.15) is 12.2 Å². The van der Waals surface area contributed by atoms with Crippen molar-refractivity contribution >= 4 is 23.5 Å². The van der Waals surface area contributed by atoms with Crippen LogP contribution in [0.1, 0.15) is 35.7 Å². The minimum absolute atomic E-state index is 0.0630. The first kappa shape index (κ1) is 17.0. The van der Waals surface area contributed by atoms with E-state index in [0.29, 0.717) is 16.8 Å². The molecule has 1 aliphatic carbocycles. The molecule has 7 heteroatoms. The van der Waals surface area contributed by atoms with E-state index in [-0.39, 0.29) is 30.9 Å². The summed E-state index contributed by atoms with van der Waals surface area (Å²) in [7, 11) is 1.31. The number of rotatable bonds is 7. The molecule has 0 saturated heterocycles. The van der Waals surface area contributed by atoms with E-state index < -0.39 is 11.9 Å². The van der Waals surface area contributed by atoms with Gasteiger partial charge in [0.25, 0.3) is 5.91 Å². The van der Waals surface area contributed by atoms with Crippen molar-refractivity contribution in [2.45, 2.75) is 25.9 Å². The van der Waals surface area contributed by atoms with Crippen molar-refractivity contribution in [1.82, 2.24) is 4.90 Å². The second-order valence-corrected chi connectivity index (χ2v) is 5.76. The Hall–Kier alpha value is -2.83. The lowest BCUT2D eigenvalue weighted by Crippen LogP contribution is -2.45. The van der Waals surface area contributed by atoms with E-state index in [9.17, 15) is 14.4 Å². The normalized spacial score (nSPS) is 16.4. The summed E-state index contributed by atoms with van der Waals surface area (Å²) in [5.41, 5.74) is 1.63. The van der Waals surface area contributed by atoms with Crippen LogP contribution in [0.15, 0.2) is 30.0 Å². The maximum Gasteiger partial charge on any atom is 0.337 e. The molecule has 0 radical (unpaired) electrons. The summed E-state index contributed by atoms with van der Waals surface area (Å²) < 4.78 is 15.3. The Kier molecular flexibility index (Phi) is 4.74. The van der Waals surface area contributed by atoms with Gasteiger partial charge in [0, 0.05) is 5.56 Å². The molecule has 1 aliphatic heterocycles. The molecule has 0 unspecified atom stereocenters. The number of hydrogen-bond acceptors (Lipinski definition) is 6. The predicted octanol–water partition coefficient (Wildman–Crippen LogP) is 1.73. The van der Waals surface area contributed by atoms with Crippen molar-refractivity contribution in [3.63, 3.8) is 0 Å². The lowest BCUT2D eigenvalue weighted by molar-refractivity contribution is -0.148. The molecule has 1 heterocycles. The van der Waals surface area contributed by atoms with E-state index in [0.717, 1.165) is 12.8 Å². The Bertz CT molecular complexity index is 732. The van der Waals surface area contributed by atoms with Gasteiger partial charge >= 0.3 is 11.9 Å². The van der Waals surface area contributed by atoms with Crippen LogP contribution in [0.3, 0.4) is 0 Å². The number of carbonyl (C=O) groups excluding carboxylic acids is 3. The third-order valence-corrected chi connectivity index (χ3v) is 3.91. The summed E-state index contributed by atoms with van der Waals surface area (Å²) in [6, 6.07) is 6.60. The molecule has 1 aromatic rings. The molecule has 0 N–H and O–H groups in total. The molecule has 25 heavy (non-hydrogen) atoms. The number of carbonyl (C=O) groups is 3. The minimum Gasteiger partial charge on any atom is -0.483 e. The SMILES string of the molecule is CCOC(=O)CN1C(=O)C(OC2CC2)=C1c1ccc(C(=O)OC)cc1. The van der Waals surface area contributed by atoms with Crippen LogP contribution in [-0.2, 0) is 23.8 Å². The summed E-state index contributed by atoms with van der Waals surface area (Å²) in [5, 5.41) is 0. The zero-order valence-corrected chi connectivity index (χ0v) is 14.1. The third kappa shape index (κ3) is 3.50. The summed E-state index contributed by atoms with van der Waals surface area (Å²) in [4.78, 5) is 37.0. The summed E-state index contributed by atoms with van der Waals surface area (Å²) in [6.45, 7) is 1.79. The average Bonchev–Trinajstić information content (AvgIpc) is 3.44. The predicted molar refractivity (Wildman–Crippen MR) is 87.2 cm³/mol. The van der Waals surface area contributed by atoms with Gasteiger partial charge in [0.2, 0.25) is 5.76 Å². The van der Waals surface area contributed by atoms with Crippen molar-refractivity contribution < 1.29 is 28.6 Å². The van der Waals surface area contributed by atoms with Crippen molar-refractivity contribution in [2.24, 2.45) is 0 Å². The molecule has 3 rings (SSSR count). The molecular weight excluding hydrogens is 326 g/mol. The second-order valence-electron chi connectivity index (χ2n) is 5.76. The topological polar surface area (TPSA) is 82.1 Å². The van der Waals surface area contributed by atoms with Crippen LogP contribution in [0.25, 0.3) is 5.70 Å². The molecule has 2 aliphatic rings. The number of benzene rings is 1. The Morgan fingerprint density at radius 1 is 1.20 bits per heavy atom. The highest BCUT2D eigenvalue weighted by Crippen LogP contribution is 2.38. The molecule has 1 aromatic carbocycles. The lowest BCUT2D eigenvalue weighted by Gasteiger charge is -2.35. The molecule has 0 atom stereocenters. The van der Waals surface area contributed by atoms with Crippen LogP contribution in [0.5, 0.6) is 0 Å². The number of nitrogens with zero attached hydrogens (tertiary/aromatic N) is 1. The molecule has 0 spiro atoms. The third-order valence-electron chi connectivity index (χ3n) is 3.91. The van der Waals surface area contributed by atoms with E-state index in [1.807, 2.05) is 0 Å². The zero-order valence-electron chi connectivity index (χ0n) is 14.1. The van der Waals surface area contributed by atoms with Gasteiger partial charge in [0.05, 0.1) is 25.4 Å². The van der Waals surface area contributed by atoms with Crippen LogP contribution in [0.4, 0.5) is 0 Å². The van der Waals surface area contributed by atoms with Gasteiger partial charge in [-0.05, 0) is 31.9 Å². The second kappa shape index (κ2) is 6.96. The highest BCUT2D eigenvalue weighted by Gasteiger charge is 2.43. The van der Waals surface area contributed by atoms with Crippen LogP contribution >= 0.6 is 0 Å². The molecule has 7 nitrogen and oxygen atoms in total. The molecule has 1 fully saturated rings. The minimum atomic E-state index is -0.481. The van der Waals surface area contributed by atoms with Crippen LogP contribution < -0.4 is 0 Å². The highest BCUT2D eigenvalue weighted by molar-refractivity contribution is 6.13. The Morgan fingerprint density at radius 3 is 2.44 bits per heavy atom. The number of ether oxygens (including phenoxy) is 3. The van der Waals surface area contributed by atoms with Gasteiger partial charge in [-0.2, -0.15) is 0 Å². The number of methoxy groups -OCH3 is 1. The first-order valence-electron chi connectivity index (χ1n) is 8.12. The van der Waals surface area contributed by atoms with Gasteiger partial charge in [0.15, 0.2) is 0 Å². The van der Waals surface area contributed by atoms with E-state index in [1.54, 1.807) is 31.2 Å². The van der Waals surface area contributed by atoms with Gasteiger partial charge in [-0.3, -0.25) is 14.5 Å². The van der Waals surface area contributed by atoms with E-state index in [2.05, 4.69) is 4.74 Å². The highest BCUT2D eigenvalue weighted by atomic mass is 16.5. The lowest BCUT2D eigenvalue weighted by atomic mass is 10.0. The quantitative estimate of drug-likeness (QED) is 0.700. The maximum atomic E-state index is 12.3. The number of amides is 1. The summed E-state index contributed by atoms with van der Waals surface area (Å²) in [5.74, 6) is -0.988. The first-order valence-corrected chi connectivity index (χ1v) is 8.12. The summed E-state index contributed by atoms with van der Waals surface area (Å²) in [6.07, 6.45) is 1.90. The molecular formula is C18H19NO6. The maximum absolute atomic E-state index is 12.3. The average molecular weight is 345 g/mol. The van der Waals surface area contributed by atoms with Crippen molar-refractivity contribution in [1.29, 1.82) is 0 Å². The molecule has 1 amide bonds.